The van der Waals surface area contributed by atoms with Crippen LogP contribution in [0.2, 0.25) is 5.02 Å². The number of nitrogens with two attached hydrogens (primary N) is 1. The number of carbonyl (C=O) groups is 1. The maximum atomic E-state index is 12.5. The number of aromatic nitrogens is 2. The Kier molecular flexibility index (Phi) is 3.64. The van der Waals surface area contributed by atoms with Crippen LogP contribution < -0.4 is 5.73 Å². The number of nitrogen functional groups attached to an aromatic ring is 1. The first kappa shape index (κ1) is 14.0. The van der Waals surface area contributed by atoms with E-state index < -0.39 is 0 Å². The van der Waals surface area contributed by atoms with Crippen molar-refractivity contribution in [3.63, 3.8) is 0 Å². The zero-order chi connectivity index (χ0) is 15.0. The van der Waals surface area contributed by atoms with E-state index in [1.165, 1.54) is 0 Å². The quantitative estimate of drug-likeness (QED) is 0.925. The van der Waals surface area contributed by atoms with Crippen LogP contribution in [-0.4, -0.2) is 15.8 Å². The molecule has 0 amide bonds. The van der Waals surface area contributed by atoms with Gasteiger partial charge in [-0.2, -0.15) is 0 Å². The van der Waals surface area contributed by atoms with Crippen LogP contribution in [0.4, 0.5) is 5.95 Å². The van der Waals surface area contributed by atoms with Crippen molar-refractivity contribution in [2.45, 2.75) is 32.1 Å². The molecular formula is C16H16ClN3O. The minimum Gasteiger partial charge on any atom is -0.368 e. The standard InChI is InChI=1S/C16H16ClN3O/c1-2-12-15-13(20-16(18)19-12)7-10(8-14(15)21)9-3-5-11(17)6-4-9/h3-6,10H,2,7-8H2,1H3,(H2,18,19,20)/t10-/m0/s1. The number of carbonyl (C=O) groups excluding carboxylic acids is 1. The Morgan fingerprint density at radius 3 is 2.62 bits per heavy atom. The average Bonchev–Trinajstić information content (AvgIpc) is 2.46. The Bertz CT molecular complexity index is 697. The average molecular weight is 302 g/mol. The summed E-state index contributed by atoms with van der Waals surface area (Å²) in [5.74, 6) is 0.476. The Morgan fingerprint density at radius 1 is 1.24 bits per heavy atom. The highest BCUT2D eigenvalue weighted by Gasteiger charge is 2.30. The summed E-state index contributed by atoms with van der Waals surface area (Å²) in [4.78, 5) is 21.0. The molecule has 2 aromatic rings. The van der Waals surface area contributed by atoms with E-state index in [1.54, 1.807) is 0 Å². The van der Waals surface area contributed by atoms with Crippen molar-refractivity contribution in [1.29, 1.82) is 0 Å². The highest BCUT2D eigenvalue weighted by atomic mass is 35.5. The Labute approximate surface area is 128 Å². The summed E-state index contributed by atoms with van der Waals surface area (Å²) in [7, 11) is 0. The molecule has 0 saturated heterocycles. The van der Waals surface area contributed by atoms with E-state index in [0.717, 1.165) is 17.0 Å². The molecule has 21 heavy (non-hydrogen) atoms. The molecule has 1 atom stereocenters. The second-order valence-electron chi connectivity index (χ2n) is 5.28. The Morgan fingerprint density at radius 2 is 1.95 bits per heavy atom. The molecule has 0 radical (unpaired) electrons. The van der Waals surface area contributed by atoms with Crippen LogP contribution in [0.15, 0.2) is 24.3 Å². The minimum absolute atomic E-state index is 0.105. The van der Waals surface area contributed by atoms with Crippen molar-refractivity contribution in [3.8, 4) is 0 Å². The minimum atomic E-state index is 0.105. The monoisotopic (exact) mass is 301 g/mol. The molecule has 1 aliphatic rings. The highest BCUT2D eigenvalue weighted by Crippen LogP contribution is 2.33. The summed E-state index contributed by atoms with van der Waals surface area (Å²) in [5, 5.41) is 0.695. The molecule has 0 saturated carbocycles. The van der Waals surface area contributed by atoms with Crippen molar-refractivity contribution < 1.29 is 4.79 Å². The molecule has 1 heterocycles. The summed E-state index contributed by atoms with van der Waals surface area (Å²) < 4.78 is 0. The lowest BCUT2D eigenvalue weighted by Gasteiger charge is -2.24. The Hall–Kier alpha value is -1.94. The number of aryl methyl sites for hydroxylation is 1. The van der Waals surface area contributed by atoms with Gasteiger partial charge in [0.2, 0.25) is 5.95 Å². The second kappa shape index (κ2) is 5.45. The van der Waals surface area contributed by atoms with Crippen molar-refractivity contribution >= 4 is 23.3 Å². The molecule has 5 heteroatoms. The van der Waals surface area contributed by atoms with E-state index >= 15 is 0 Å². The molecule has 1 aliphatic carbocycles. The molecule has 108 valence electrons. The second-order valence-corrected chi connectivity index (χ2v) is 5.72. The maximum Gasteiger partial charge on any atom is 0.220 e. The first-order valence-corrected chi connectivity index (χ1v) is 7.40. The molecule has 1 aromatic heterocycles. The third kappa shape index (κ3) is 2.63. The molecule has 3 rings (SSSR count). The fourth-order valence-electron chi connectivity index (χ4n) is 2.91. The number of hydrogen-bond acceptors (Lipinski definition) is 4. The number of Topliss-reactive ketones (excluding diaryl/α,β-unsaturated/α-hetero) is 1. The van der Waals surface area contributed by atoms with Gasteiger partial charge in [-0.3, -0.25) is 4.79 Å². The number of ketones is 1. The van der Waals surface area contributed by atoms with Gasteiger partial charge in [-0.05, 0) is 36.5 Å². The third-order valence-electron chi connectivity index (χ3n) is 3.90. The van der Waals surface area contributed by atoms with Gasteiger partial charge in [-0.25, -0.2) is 9.97 Å². The third-order valence-corrected chi connectivity index (χ3v) is 4.15. The lowest BCUT2D eigenvalue weighted by molar-refractivity contribution is 0.0961. The Balaban J connectivity index is 2.00. The number of benzene rings is 1. The molecule has 0 unspecified atom stereocenters. The van der Waals surface area contributed by atoms with Crippen LogP contribution in [0.3, 0.4) is 0 Å². The normalized spacial score (nSPS) is 17.6. The molecular weight excluding hydrogens is 286 g/mol. The predicted molar refractivity (Wildman–Crippen MR) is 82.7 cm³/mol. The van der Waals surface area contributed by atoms with Crippen LogP contribution in [0.25, 0.3) is 0 Å². The van der Waals surface area contributed by atoms with Gasteiger partial charge >= 0.3 is 0 Å². The van der Waals surface area contributed by atoms with E-state index in [0.29, 0.717) is 29.8 Å². The number of rotatable bonds is 2. The van der Waals surface area contributed by atoms with Crippen molar-refractivity contribution in [2.24, 2.45) is 0 Å². The van der Waals surface area contributed by atoms with Gasteiger partial charge in [0, 0.05) is 11.4 Å². The van der Waals surface area contributed by atoms with Gasteiger partial charge in [0.25, 0.3) is 0 Å². The van der Waals surface area contributed by atoms with Crippen LogP contribution in [0.5, 0.6) is 0 Å². The molecule has 0 fully saturated rings. The lowest BCUT2D eigenvalue weighted by atomic mass is 9.81. The first-order valence-electron chi connectivity index (χ1n) is 7.02. The van der Waals surface area contributed by atoms with Crippen molar-refractivity contribution in [2.75, 3.05) is 5.73 Å². The molecule has 0 spiro atoms. The highest BCUT2D eigenvalue weighted by molar-refractivity contribution is 6.30. The molecule has 2 N–H and O–H groups in total. The topological polar surface area (TPSA) is 68.9 Å². The molecule has 4 nitrogen and oxygen atoms in total. The number of halogens is 1. The number of anilines is 1. The number of hydrogen-bond donors (Lipinski definition) is 1. The summed E-state index contributed by atoms with van der Waals surface area (Å²) in [6.07, 6.45) is 1.88. The van der Waals surface area contributed by atoms with Gasteiger partial charge in [-0.15, -0.1) is 0 Å². The zero-order valence-electron chi connectivity index (χ0n) is 11.8. The molecule has 0 bridgehead atoms. The van der Waals surface area contributed by atoms with Gasteiger partial charge < -0.3 is 5.73 Å². The van der Waals surface area contributed by atoms with Crippen molar-refractivity contribution in [1.82, 2.24) is 9.97 Å². The van der Waals surface area contributed by atoms with Crippen LogP contribution in [0, 0.1) is 0 Å². The van der Waals surface area contributed by atoms with Gasteiger partial charge in [-0.1, -0.05) is 30.7 Å². The number of nitrogens with zero attached hydrogens (tertiary/aromatic N) is 2. The largest absolute Gasteiger partial charge is 0.368 e. The van der Waals surface area contributed by atoms with Crippen LogP contribution in [-0.2, 0) is 12.8 Å². The predicted octanol–water partition coefficient (Wildman–Crippen LogP) is 3.19. The number of fused-ring (bicyclic) bond motifs is 1. The van der Waals surface area contributed by atoms with Gasteiger partial charge in [0.05, 0.1) is 17.0 Å². The fraction of sp³-hybridized carbons (Fsp3) is 0.312. The summed E-state index contributed by atoms with van der Waals surface area (Å²) >= 11 is 5.92. The van der Waals surface area contributed by atoms with E-state index in [-0.39, 0.29) is 17.6 Å². The van der Waals surface area contributed by atoms with E-state index in [1.807, 2.05) is 31.2 Å². The van der Waals surface area contributed by atoms with E-state index in [9.17, 15) is 4.79 Å². The van der Waals surface area contributed by atoms with Crippen LogP contribution in [0.1, 0.15) is 46.6 Å². The maximum absolute atomic E-state index is 12.5. The van der Waals surface area contributed by atoms with E-state index in [4.69, 9.17) is 17.3 Å². The first-order chi connectivity index (χ1) is 10.1. The van der Waals surface area contributed by atoms with Gasteiger partial charge in [0.1, 0.15) is 0 Å². The molecule has 0 aliphatic heterocycles. The van der Waals surface area contributed by atoms with Gasteiger partial charge in [0.15, 0.2) is 5.78 Å². The summed E-state index contributed by atoms with van der Waals surface area (Å²) in [5.41, 5.74) is 9.07. The summed E-state index contributed by atoms with van der Waals surface area (Å²) in [6.45, 7) is 1.97. The SMILES string of the molecule is CCc1nc(N)nc2c1C(=O)C[C@@H](c1ccc(Cl)cc1)C2. The van der Waals surface area contributed by atoms with Crippen LogP contribution >= 0.6 is 11.6 Å². The van der Waals surface area contributed by atoms with E-state index in [2.05, 4.69) is 9.97 Å². The smallest absolute Gasteiger partial charge is 0.220 e. The zero-order valence-corrected chi connectivity index (χ0v) is 12.5. The fourth-order valence-corrected chi connectivity index (χ4v) is 3.03. The lowest BCUT2D eigenvalue weighted by Crippen LogP contribution is -2.23. The van der Waals surface area contributed by atoms with Crippen molar-refractivity contribution in [3.05, 3.63) is 51.8 Å². The molecule has 1 aromatic carbocycles. The summed E-state index contributed by atoms with van der Waals surface area (Å²) in [6, 6.07) is 7.64.